The van der Waals surface area contributed by atoms with Crippen LogP contribution >= 0.6 is 0 Å². The van der Waals surface area contributed by atoms with Crippen molar-refractivity contribution in [3.05, 3.63) is 33.9 Å². The van der Waals surface area contributed by atoms with Crippen LogP contribution in [0, 0.1) is 10.1 Å². The largest absolute Gasteiger partial charge is 0.507 e. The molecular formula is C13H21N5O3. The van der Waals surface area contributed by atoms with Gasteiger partial charge in [-0.25, -0.2) is 0 Å². The van der Waals surface area contributed by atoms with Crippen molar-refractivity contribution in [2.75, 3.05) is 39.3 Å². The van der Waals surface area contributed by atoms with Crippen molar-refractivity contribution in [1.29, 1.82) is 0 Å². The Morgan fingerprint density at radius 1 is 1.29 bits per heavy atom. The summed E-state index contributed by atoms with van der Waals surface area (Å²) in [5.41, 5.74) is 11.2. The number of nitrogens with zero attached hydrogens (tertiary/aromatic N) is 3. The molecule has 5 N–H and O–H groups in total. The van der Waals surface area contributed by atoms with Crippen LogP contribution in [0.1, 0.15) is 5.56 Å². The van der Waals surface area contributed by atoms with Crippen LogP contribution in [0.4, 0.5) is 5.69 Å². The highest BCUT2D eigenvalue weighted by molar-refractivity contribution is 5.84. The predicted octanol–water partition coefficient (Wildman–Crippen LogP) is -0.0613. The quantitative estimate of drug-likeness (QED) is 0.332. The first kappa shape index (κ1) is 17.0. The molecule has 0 aliphatic heterocycles. The monoisotopic (exact) mass is 295 g/mol. The third kappa shape index (κ3) is 5.86. The average molecular weight is 295 g/mol. The third-order valence-corrected chi connectivity index (χ3v) is 2.89. The van der Waals surface area contributed by atoms with Gasteiger partial charge in [-0.2, -0.15) is 0 Å². The first-order valence-corrected chi connectivity index (χ1v) is 6.68. The second-order valence-corrected chi connectivity index (χ2v) is 4.45. The normalized spacial score (nSPS) is 11.4. The number of non-ortho nitro benzene ring substituents is 1. The van der Waals surface area contributed by atoms with Crippen LogP contribution in [-0.4, -0.2) is 60.4 Å². The van der Waals surface area contributed by atoms with Crippen molar-refractivity contribution >= 4 is 11.9 Å². The summed E-state index contributed by atoms with van der Waals surface area (Å²) < 4.78 is 0. The van der Waals surface area contributed by atoms with Crippen LogP contribution in [0.15, 0.2) is 23.2 Å². The van der Waals surface area contributed by atoms with Gasteiger partial charge in [0.15, 0.2) is 0 Å². The summed E-state index contributed by atoms with van der Waals surface area (Å²) in [6.45, 7) is 3.79. The van der Waals surface area contributed by atoms with Crippen LogP contribution in [0.5, 0.6) is 5.75 Å². The van der Waals surface area contributed by atoms with Gasteiger partial charge in [-0.15, -0.1) is 0 Å². The first-order chi connectivity index (χ1) is 10.1. The molecule has 0 atom stereocenters. The van der Waals surface area contributed by atoms with E-state index in [-0.39, 0.29) is 11.4 Å². The summed E-state index contributed by atoms with van der Waals surface area (Å²) >= 11 is 0. The summed E-state index contributed by atoms with van der Waals surface area (Å²) in [6.07, 6.45) is 1.44. The molecule has 1 rings (SSSR count). The number of nitro benzene ring substituents is 1. The SMILES string of the molecule is NCCN(CCN)CCN=Cc1cc([N+](=O)[O-])ccc1O. The fourth-order valence-corrected chi connectivity index (χ4v) is 1.82. The first-order valence-electron chi connectivity index (χ1n) is 6.68. The molecule has 1 aromatic carbocycles. The number of rotatable bonds is 9. The fraction of sp³-hybridized carbons (Fsp3) is 0.462. The number of benzene rings is 1. The molecule has 0 saturated heterocycles. The maximum Gasteiger partial charge on any atom is 0.270 e. The number of hydrogen-bond donors (Lipinski definition) is 3. The smallest absolute Gasteiger partial charge is 0.270 e. The van der Waals surface area contributed by atoms with Crippen LogP contribution in [0.2, 0.25) is 0 Å². The second-order valence-electron chi connectivity index (χ2n) is 4.45. The molecule has 0 aromatic heterocycles. The lowest BCUT2D eigenvalue weighted by Crippen LogP contribution is -2.35. The molecule has 0 amide bonds. The molecule has 1 aromatic rings. The van der Waals surface area contributed by atoms with Crippen molar-refractivity contribution in [1.82, 2.24) is 4.90 Å². The minimum absolute atomic E-state index is 0.0369. The second kappa shape index (κ2) is 9.01. The Kier molecular flexibility index (Phi) is 7.30. The van der Waals surface area contributed by atoms with Crippen LogP contribution in [0.3, 0.4) is 0 Å². The van der Waals surface area contributed by atoms with E-state index in [0.29, 0.717) is 31.7 Å². The van der Waals surface area contributed by atoms with Crippen molar-refractivity contribution in [2.24, 2.45) is 16.5 Å². The van der Waals surface area contributed by atoms with Crippen LogP contribution in [0.25, 0.3) is 0 Å². The maximum atomic E-state index is 10.7. The van der Waals surface area contributed by atoms with E-state index in [1.807, 2.05) is 0 Å². The van der Waals surface area contributed by atoms with Gasteiger partial charge >= 0.3 is 0 Å². The molecule has 8 heteroatoms. The lowest BCUT2D eigenvalue weighted by molar-refractivity contribution is -0.384. The fourth-order valence-electron chi connectivity index (χ4n) is 1.82. The van der Waals surface area contributed by atoms with Crippen molar-refractivity contribution in [2.45, 2.75) is 0 Å². The lowest BCUT2D eigenvalue weighted by atomic mass is 10.2. The van der Waals surface area contributed by atoms with Crippen LogP contribution < -0.4 is 11.5 Å². The molecule has 0 radical (unpaired) electrons. The number of nitrogens with two attached hydrogens (primary N) is 2. The zero-order chi connectivity index (χ0) is 15.7. The molecule has 0 saturated carbocycles. The highest BCUT2D eigenvalue weighted by Crippen LogP contribution is 2.21. The van der Waals surface area contributed by atoms with Gasteiger partial charge in [-0.1, -0.05) is 0 Å². The van der Waals surface area contributed by atoms with Gasteiger partial charge < -0.3 is 16.6 Å². The Balaban J connectivity index is 2.60. The molecule has 116 valence electrons. The molecule has 0 bridgehead atoms. The zero-order valence-electron chi connectivity index (χ0n) is 11.8. The number of phenolic OH excluding ortho intramolecular Hbond substituents is 1. The van der Waals surface area contributed by atoms with E-state index in [9.17, 15) is 15.2 Å². The van der Waals surface area contributed by atoms with Crippen molar-refractivity contribution in [3.8, 4) is 5.75 Å². The van der Waals surface area contributed by atoms with Gasteiger partial charge in [0.1, 0.15) is 5.75 Å². The Morgan fingerprint density at radius 2 is 1.95 bits per heavy atom. The van der Waals surface area contributed by atoms with Crippen molar-refractivity contribution in [3.63, 3.8) is 0 Å². The van der Waals surface area contributed by atoms with Gasteiger partial charge in [0.25, 0.3) is 5.69 Å². The Bertz CT molecular complexity index is 487. The Morgan fingerprint density at radius 3 is 2.52 bits per heavy atom. The maximum absolute atomic E-state index is 10.7. The highest BCUT2D eigenvalue weighted by Gasteiger charge is 2.08. The molecular weight excluding hydrogens is 274 g/mol. The van der Waals surface area contributed by atoms with E-state index < -0.39 is 4.92 Å². The van der Waals surface area contributed by atoms with E-state index in [4.69, 9.17) is 11.5 Å². The molecule has 21 heavy (non-hydrogen) atoms. The average Bonchev–Trinajstić information content (AvgIpc) is 2.45. The number of hydrogen-bond acceptors (Lipinski definition) is 7. The molecule has 0 aliphatic rings. The molecule has 0 spiro atoms. The van der Waals surface area contributed by atoms with Gasteiger partial charge in [0, 0.05) is 56.6 Å². The predicted molar refractivity (Wildman–Crippen MR) is 81.8 cm³/mol. The third-order valence-electron chi connectivity index (χ3n) is 2.89. The highest BCUT2D eigenvalue weighted by atomic mass is 16.6. The van der Waals surface area contributed by atoms with Gasteiger partial charge in [0.05, 0.1) is 11.5 Å². The van der Waals surface area contributed by atoms with E-state index in [0.717, 1.165) is 13.1 Å². The van der Waals surface area contributed by atoms with Crippen LogP contribution in [-0.2, 0) is 0 Å². The Labute approximate surface area is 123 Å². The molecule has 8 nitrogen and oxygen atoms in total. The summed E-state index contributed by atoms with van der Waals surface area (Å²) in [5, 5.41) is 20.3. The number of aromatic hydroxyl groups is 1. The zero-order valence-corrected chi connectivity index (χ0v) is 11.8. The summed E-state index contributed by atoms with van der Waals surface area (Å²) in [5.74, 6) is -0.0369. The van der Waals surface area contributed by atoms with Gasteiger partial charge in [-0.3, -0.25) is 20.0 Å². The molecule has 0 aliphatic carbocycles. The molecule has 0 fully saturated rings. The number of aliphatic imine (C=N–C) groups is 1. The van der Waals surface area contributed by atoms with Crippen molar-refractivity contribution < 1.29 is 10.0 Å². The van der Waals surface area contributed by atoms with E-state index in [1.54, 1.807) is 0 Å². The molecule has 0 unspecified atom stereocenters. The minimum atomic E-state index is -0.513. The van der Waals surface area contributed by atoms with Gasteiger partial charge in [0.2, 0.25) is 0 Å². The summed E-state index contributed by atoms with van der Waals surface area (Å²) in [4.78, 5) is 16.4. The standard InChI is InChI=1S/C13H21N5O3/c14-3-6-17(7-4-15)8-5-16-10-11-9-12(18(20)21)1-2-13(11)19/h1-2,9-10,19H,3-8,14-15H2. The Hall–Kier alpha value is -2.03. The summed E-state index contributed by atoms with van der Waals surface area (Å²) in [6, 6.07) is 3.82. The number of phenols is 1. The topological polar surface area (TPSA) is 131 Å². The summed E-state index contributed by atoms with van der Waals surface area (Å²) in [7, 11) is 0. The number of nitro groups is 1. The van der Waals surface area contributed by atoms with E-state index >= 15 is 0 Å². The van der Waals surface area contributed by atoms with Gasteiger partial charge in [-0.05, 0) is 6.07 Å². The molecule has 0 heterocycles. The van der Waals surface area contributed by atoms with E-state index in [1.165, 1.54) is 24.4 Å². The minimum Gasteiger partial charge on any atom is -0.507 e. The van der Waals surface area contributed by atoms with E-state index in [2.05, 4.69) is 9.89 Å². The lowest BCUT2D eigenvalue weighted by Gasteiger charge is -2.19.